The van der Waals surface area contributed by atoms with Gasteiger partial charge in [-0.25, -0.2) is 0 Å². The Balaban J connectivity index is 1.41. The minimum Gasteiger partial charge on any atom is -0.339 e. The minimum atomic E-state index is 0.141. The minimum absolute atomic E-state index is 0.141. The van der Waals surface area contributed by atoms with Crippen molar-refractivity contribution in [1.29, 1.82) is 0 Å². The van der Waals surface area contributed by atoms with E-state index in [9.17, 15) is 9.59 Å². The molecule has 5 heteroatoms. The van der Waals surface area contributed by atoms with E-state index in [4.69, 9.17) is 0 Å². The maximum atomic E-state index is 13.1. The molecular formula is C24H29N3O2. The summed E-state index contributed by atoms with van der Waals surface area (Å²) in [6.07, 6.45) is 7.89. The summed E-state index contributed by atoms with van der Waals surface area (Å²) >= 11 is 0. The summed E-state index contributed by atoms with van der Waals surface area (Å²) in [6.45, 7) is 5.08. The largest absolute Gasteiger partial charge is 0.339 e. The molecule has 2 saturated heterocycles. The molecule has 0 N–H and O–H groups in total. The van der Waals surface area contributed by atoms with Gasteiger partial charge in [-0.1, -0.05) is 25.1 Å². The Kier molecular flexibility index (Phi) is 5.65. The number of piperidine rings is 2. The monoisotopic (exact) mass is 391 g/mol. The molecule has 2 aliphatic rings. The number of benzene rings is 1. The highest BCUT2D eigenvalue weighted by atomic mass is 16.2. The smallest absolute Gasteiger partial charge is 0.254 e. The van der Waals surface area contributed by atoms with E-state index < -0.39 is 0 Å². The molecule has 0 atom stereocenters. The van der Waals surface area contributed by atoms with Crippen molar-refractivity contribution in [1.82, 2.24) is 14.8 Å². The van der Waals surface area contributed by atoms with Crippen LogP contribution in [0.5, 0.6) is 0 Å². The summed E-state index contributed by atoms with van der Waals surface area (Å²) in [5.74, 6) is 0.389. The number of amides is 2. The van der Waals surface area contributed by atoms with Crippen LogP contribution in [0, 0.1) is 5.41 Å². The van der Waals surface area contributed by atoms with Crippen molar-refractivity contribution < 1.29 is 9.59 Å². The van der Waals surface area contributed by atoms with Crippen LogP contribution in [0.4, 0.5) is 0 Å². The molecule has 152 valence electrons. The van der Waals surface area contributed by atoms with Crippen LogP contribution in [0.15, 0.2) is 48.8 Å². The number of aryl methyl sites for hydroxylation is 1. The molecule has 1 aromatic carbocycles. The average molecular weight is 392 g/mol. The van der Waals surface area contributed by atoms with E-state index in [1.165, 1.54) is 0 Å². The second-order valence-electron chi connectivity index (χ2n) is 8.41. The third kappa shape index (κ3) is 4.19. The Labute approximate surface area is 172 Å². The summed E-state index contributed by atoms with van der Waals surface area (Å²) in [4.78, 5) is 33.6. The number of carbonyl (C=O) groups excluding carboxylic acids is 2. The molecule has 0 radical (unpaired) electrons. The molecule has 0 unspecified atom stereocenters. The number of nitrogens with zero attached hydrogens (tertiary/aromatic N) is 3. The summed E-state index contributed by atoms with van der Waals surface area (Å²) in [5, 5.41) is 0. The van der Waals surface area contributed by atoms with Crippen molar-refractivity contribution in [2.75, 3.05) is 19.6 Å². The van der Waals surface area contributed by atoms with Crippen molar-refractivity contribution >= 4 is 11.8 Å². The van der Waals surface area contributed by atoms with Gasteiger partial charge >= 0.3 is 0 Å². The Morgan fingerprint density at radius 2 is 1.79 bits per heavy atom. The summed E-state index contributed by atoms with van der Waals surface area (Å²) in [7, 11) is 0. The van der Waals surface area contributed by atoms with E-state index in [1.807, 2.05) is 46.2 Å². The second kappa shape index (κ2) is 8.36. The van der Waals surface area contributed by atoms with E-state index in [0.717, 1.165) is 62.0 Å². The van der Waals surface area contributed by atoms with Crippen LogP contribution in [0.3, 0.4) is 0 Å². The molecule has 1 spiro atoms. The molecule has 0 bridgehead atoms. The van der Waals surface area contributed by atoms with Gasteiger partial charge in [-0.05, 0) is 60.4 Å². The highest BCUT2D eigenvalue weighted by Crippen LogP contribution is 2.41. The Morgan fingerprint density at radius 1 is 1.07 bits per heavy atom. The van der Waals surface area contributed by atoms with Crippen LogP contribution in [-0.2, 0) is 17.8 Å². The van der Waals surface area contributed by atoms with Crippen molar-refractivity contribution in [3.8, 4) is 0 Å². The van der Waals surface area contributed by atoms with Gasteiger partial charge in [-0.2, -0.15) is 0 Å². The lowest BCUT2D eigenvalue weighted by atomic mass is 9.72. The van der Waals surface area contributed by atoms with Gasteiger partial charge in [0.1, 0.15) is 0 Å². The van der Waals surface area contributed by atoms with Gasteiger partial charge in [0.2, 0.25) is 5.91 Å². The van der Waals surface area contributed by atoms with Gasteiger partial charge in [-0.15, -0.1) is 0 Å². The topological polar surface area (TPSA) is 53.5 Å². The van der Waals surface area contributed by atoms with Crippen molar-refractivity contribution in [2.45, 2.75) is 45.6 Å². The van der Waals surface area contributed by atoms with Crippen molar-refractivity contribution in [2.24, 2.45) is 5.41 Å². The first-order valence-corrected chi connectivity index (χ1v) is 10.6. The molecular weight excluding hydrogens is 362 g/mol. The molecule has 1 aromatic heterocycles. The molecule has 2 aliphatic heterocycles. The van der Waals surface area contributed by atoms with E-state index in [1.54, 1.807) is 12.4 Å². The zero-order valence-electron chi connectivity index (χ0n) is 17.1. The molecule has 3 heterocycles. The first-order chi connectivity index (χ1) is 14.1. The molecule has 2 aromatic rings. The maximum Gasteiger partial charge on any atom is 0.254 e. The van der Waals surface area contributed by atoms with Crippen LogP contribution >= 0.6 is 0 Å². The Morgan fingerprint density at radius 3 is 2.52 bits per heavy atom. The Bertz CT molecular complexity index is 873. The summed E-state index contributed by atoms with van der Waals surface area (Å²) in [5.41, 5.74) is 3.21. The van der Waals surface area contributed by atoms with Gasteiger partial charge in [0, 0.05) is 50.6 Å². The number of pyridine rings is 1. The van der Waals surface area contributed by atoms with Gasteiger partial charge in [0.25, 0.3) is 5.91 Å². The highest BCUT2D eigenvalue weighted by Gasteiger charge is 2.41. The highest BCUT2D eigenvalue weighted by molar-refractivity contribution is 5.95. The van der Waals surface area contributed by atoms with Crippen molar-refractivity contribution in [3.05, 3.63) is 65.5 Å². The third-order valence-electron chi connectivity index (χ3n) is 6.61. The van der Waals surface area contributed by atoms with Gasteiger partial charge < -0.3 is 9.80 Å². The quantitative estimate of drug-likeness (QED) is 0.799. The zero-order valence-corrected chi connectivity index (χ0v) is 17.1. The maximum absolute atomic E-state index is 13.1. The van der Waals surface area contributed by atoms with Gasteiger partial charge in [-0.3, -0.25) is 14.6 Å². The lowest BCUT2D eigenvalue weighted by Crippen LogP contribution is -2.52. The van der Waals surface area contributed by atoms with E-state index in [-0.39, 0.29) is 17.2 Å². The molecule has 2 fully saturated rings. The van der Waals surface area contributed by atoms with Crippen LogP contribution in [-0.4, -0.2) is 46.2 Å². The summed E-state index contributed by atoms with van der Waals surface area (Å²) in [6, 6.07) is 11.9. The SMILES string of the molecule is CCc1ccccc1C(=O)N1CCC2(CCC(=O)N(Cc3ccncc3)C2)CC1. The van der Waals surface area contributed by atoms with Crippen LogP contribution < -0.4 is 0 Å². The van der Waals surface area contributed by atoms with E-state index in [2.05, 4.69) is 11.9 Å². The number of rotatable bonds is 4. The third-order valence-corrected chi connectivity index (χ3v) is 6.61. The molecule has 2 amide bonds. The standard InChI is InChI=1S/C24H29N3O2/c1-2-20-5-3-4-6-21(20)23(29)26-15-11-24(12-16-26)10-7-22(28)27(18-24)17-19-8-13-25-14-9-19/h3-6,8-9,13-14H,2,7,10-12,15-18H2,1H3. The van der Waals surface area contributed by atoms with Gasteiger partial charge in [0.15, 0.2) is 0 Å². The van der Waals surface area contributed by atoms with Crippen LogP contribution in [0.1, 0.15) is 54.1 Å². The molecule has 5 nitrogen and oxygen atoms in total. The number of carbonyl (C=O) groups is 2. The number of hydrogen-bond acceptors (Lipinski definition) is 3. The first-order valence-electron chi connectivity index (χ1n) is 10.6. The van der Waals surface area contributed by atoms with E-state index >= 15 is 0 Å². The fourth-order valence-electron chi connectivity index (χ4n) is 4.75. The molecule has 29 heavy (non-hydrogen) atoms. The zero-order chi connectivity index (χ0) is 20.3. The molecule has 0 aliphatic carbocycles. The average Bonchev–Trinajstić information content (AvgIpc) is 2.77. The number of aromatic nitrogens is 1. The predicted molar refractivity (Wildman–Crippen MR) is 112 cm³/mol. The first kappa shape index (κ1) is 19.6. The predicted octanol–water partition coefficient (Wildman–Crippen LogP) is 3.69. The number of hydrogen-bond donors (Lipinski definition) is 0. The lowest BCUT2D eigenvalue weighted by Gasteiger charge is -2.47. The van der Waals surface area contributed by atoms with Gasteiger partial charge in [0.05, 0.1) is 0 Å². The number of likely N-dealkylation sites (tertiary alicyclic amines) is 2. The molecule has 4 rings (SSSR count). The fourth-order valence-corrected chi connectivity index (χ4v) is 4.75. The van der Waals surface area contributed by atoms with Crippen molar-refractivity contribution in [3.63, 3.8) is 0 Å². The van der Waals surface area contributed by atoms with Crippen LogP contribution in [0.2, 0.25) is 0 Å². The Hall–Kier alpha value is -2.69. The normalized spacial score (nSPS) is 18.9. The fraction of sp³-hybridized carbons (Fsp3) is 0.458. The van der Waals surface area contributed by atoms with Crippen LogP contribution in [0.25, 0.3) is 0 Å². The van der Waals surface area contributed by atoms with E-state index in [0.29, 0.717) is 13.0 Å². The molecule has 0 saturated carbocycles. The summed E-state index contributed by atoms with van der Waals surface area (Å²) < 4.78 is 0. The lowest BCUT2D eigenvalue weighted by molar-refractivity contribution is -0.139. The second-order valence-corrected chi connectivity index (χ2v) is 8.41.